The van der Waals surface area contributed by atoms with Crippen LogP contribution in [0.15, 0.2) is 41.0 Å². The van der Waals surface area contributed by atoms with Crippen LogP contribution in [0.2, 0.25) is 0 Å². The van der Waals surface area contributed by atoms with Gasteiger partial charge in [-0.05, 0) is 18.6 Å². The van der Waals surface area contributed by atoms with E-state index in [0.717, 1.165) is 17.1 Å². The number of aliphatic imine (C=N–C) groups is 1. The lowest BCUT2D eigenvalue weighted by molar-refractivity contribution is 0.576. The van der Waals surface area contributed by atoms with Crippen molar-refractivity contribution in [1.82, 2.24) is 20.0 Å². The SMILES string of the molecule is CN=C(NCc1cn2ccsc2n1)NC1CCN(c2c(F)cccc2F)C1.I. The van der Waals surface area contributed by atoms with Crippen LogP contribution in [0.4, 0.5) is 14.5 Å². The molecule has 0 amide bonds. The van der Waals surface area contributed by atoms with E-state index in [1.54, 1.807) is 23.3 Å². The fourth-order valence-corrected chi connectivity index (χ4v) is 4.01. The number of thiazole rings is 1. The number of nitrogens with zero attached hydrogens (tertiary/aromatic N) is 4. The van der Waals surface area contributed by atoms with E-state index in [1.165, 1.54) is 18.2 Å². The van der Waals surface area contributed by atoms with Crippen LogP contribution in [0.1, 0.15) is 12.1 Å². The molecule has 2 N–H and O–H groups in total. The number of hydrogen-bond donors (Lipinski definition) is 2. The number of benzene rings is 1. The molecule has 1 aromatic carbocycles. The van der Waals surface area contributed by atoms with Gasteiger partial charge in [-0.15, -0.1) is 35.3 Å². The third-order valence-electron chi connectivity index (χ3n) is 4.59. The van der Waals surface area contributed by atoms with E-state index in [9.17, 15) is 8.78 Å². The van der Waals surface area contributed by atoms with E-state index in [4.69, 9.17) is 0 Å². The van der Waals surface area contributed by atoms with Gasteiger partial charge in [0.1, 0.15) is 17.3 Å². The molecular weight excluding hydrogens is 497 g/mol. The first-order valence-electron chi connectivity index (χ1n) is 8.71. The molecule has 1 fully saturated rings. The Balaban J connectivity index is 0.00000225. The van der Waals surface area contributed by atoms with Crippen molar-refractivity contribution in [3.05, 3.63) is 53.3 Å². The van der Waals surface area contributed by atoms with Crippen LogP contribution in [0, 0.1) is 11.6 Å². The molecule has 2 aromatic heterocycles. The Hall–Kier alpha value is -1.95. The molecule has 0 bridgehead atoms. The number of para-hydroxylation sites is 1. The van der Waals surface area contributed by atoms with Crippen molar-refractivity contribution in [3.63, 3.8) is 0 Å². The Bertz CT molecular complexity index is 923. The molecule has 1 saturated heterocycles. The van der Waals surface area contributed by atoms with Crippen LogP contribution < -0.4 is 15.5 Å². The maximum atomic E-state index is 14.0. The molecule has 10 heteroatoms. The van der Waals surface area contributed by atoms with Crippen LogP contribution in [0.3, 0.4) is 0 Å². The normalized spacial score (nSPS) is 17.0. The lowest BCUT2D eigenvalue weighted by atomic mass is 10.2. The highest BCUT2D eigenvalue weighted by Gasteiger charge is 2.27. The zero-order valence-electron chi connectivity index (χ0n) is 15.2. The Morgan fingerprint density at radius 1 is 1.36 bits per heavy atom. The zero-order chi connectivity index (χ0) is 18.8. The molecule has 28 heavy (non-hydrogen) atoms. The van der Waals surface area contributed by atoms with Crippen molar-refractivity contribution in [2.45, 2.75) is 19.0 Å². The van der Waals surface area contributed by atoms with Gasteiger partial charge in [0.05, 0.1) is 12.2 Å². The van der Waals surface area contributed by atoms with E-state index in [0.29, 0.717) is 25.6 Å². The number of guanidine groups is 1. The topological polar surface area (TPSA) is 57.0 Å². The number of rotatable bonds is 4. The van der Waals surface area contributed by atoms with Crippen LogP contribution >= 0.6 is 35.3 Å². The quantitative estimate of drug-likeness (QED) is 0.317. The molecular formula is C18H21F2IN6S. The van der Waals surface area contributed by atoms with Crippen molar-refractivity contribution >= 4 is 51.9 Å². The van der Waals surface area contributed by atoms with Gasteiger partial charge in [-0.25, -0.2) is 13.8 Å². The maximum absolute atomic E-state index is 14.0. The van der Waals surface area contributed by atoms with Crippen LogP contribution in [0.5, 0.6) is 0 Å². The smallest absolute Gasteiger partial charge is 0.193 e. The summed E-state index contributed by atoms with van der Waals surface area (Å²) in [5, 5.41) is 8.55. The summed E-state index contributed by atoms with van der Waals surface area (Å²) < 4.78 is 29.9. The maximum Gasteiger partial charge on any atom is 0.193 e. The summed E-state index contributed by atoms with van der Waals surface area (Å²) in [5.41, 5.74) is 0.967. The van der Waals surface area contributed by atoms with E-state index < -0.39 is 11.6 Å². The van der Waals surface area contributed by atoms with Crippen molar-refractivity contribution in [3.8, 4) is 0 Å². The minimum atomic E-state index is -0.530. The Kier molecular flexibility index (Phi) is 6.70. The van der Waals surface area contributed by atoms with Crippen molar-refractivity contribution < 1.29 is 8.78 Å². The van der Waals surface area contributed by atoms with Crippen molar-refractivity contribution in [1.29, 1.82) is 0 Å². The third-order valence-corrected chi connectivity index (χ3v) is 5.36. The number of nitrogens with one attached hydrogen (secondary N) is 2. The van der Waals surface area contributed by atoms with Gasteiger partial charge in [-0.3, -0.25) is 9.39 Å². The summed E-state index contributed by atoms with van der Waals surface area (Å²) in [4.78, 5) is 11.5. The summed E-state index contributed by atoms with van der Waals surface area (Å²) in [5.74, 6) is -0.414. The second-order valence-electron chi connectivity index (χ2n) is 6.40. The predicted octanol–water partition coefficient (Wildman–Crippen LogP) is 3.24. The number of aromatic nitrogens is 2. The standard InChI is InChI=1S/C18H20F2N6S.HI/c1-21-17(22-9-13-11-26-7-8-27-18(26)24-13)23-12-5-6-25(10-12)16-14(19)3-2-4-15(16)20;/h2-4,7-8,11-12H,5-6,9-10H2,1H3,(H2,21,22,23);1H. The molecule has 4 rings (SSSR count). The highest BCUT2D eigenvalue weighted by atomic mass is 127. The number of fused-ring (bicyclic) bond motifs is 1. The molecule has 0 aliphatic carbocycles. The Labute approximate surface area is 182 Å². The monoisotopic (exact) mass is 518 g/mol. The van der Waals surface area contributed by atoms with Gasteiger partial charge >= 0.3 is 0 Å². The van der Waals surface area contributed by atoms with Gasteiger partial charge < -0.3 is 15.5 Å². The zero-order valence-corrected chi connectivity index (χ0v) is 18.4. The number of anilines is 1. The lowest BCUT2D eigenvalue weighted by Gasteiger charge is -2.21. The molecule has 150 valence electrons. The molecule has 0 radical (unpaired) electrons. The fraction of sp³-hybridized carbons (Fsp3) is 0.333. The van der Waals surface area contributed by atoms with Crippen LogP contribution in [-0.2, 0) is 6.54 Å². The highest BCUT2D eigenvalue weighted by Crippen LogP contribution is 2.26. The average molecular weight is 518 g/mol. The first-order chi connectivity index (χ1) is 13.1. The first kappa shape index (κ1) is 20.8. The summed E-state index contributed by atoms with van der Waals surface area (Å²) in [6.45, 7) is 1.65. The van der Waals surface area contributed by atoms with Gasteiger partial charge in [-0.2, -0.15) is 0 Å². The van der Waals surface area contributed by atoms with Gasteiger partial charge in [0.2, 0.25) is 0 Å². The molecule has 0 spiro atoms. The van der Waals surface area contributed by atoms with Crippen molar-refractivity contribution in [2.75, 3.05) is 25.0 Å². The second-order valence-corrected chi connectivity index (χ2v) is 7.27. The molecule has 3 aromatic rings. The number of imidazole rings is 1. The van der Waals surface area contributed by atoms with E-state index in [-0.39, 0.29) is 35.7 Å². The minimum absolute atomic E-state index is 0. The van der Waals surface area contributed by atoms with Gasteiger partial charge in [0.25, 0.3) is 0 Å². The second kappa shape index (κ2) is 9.03. The van der Waals surface area contributed by atoms with Gasteiger partial charge in [0.15, 0.2) is 10.9 Å². The number of hydrogen-bond acceptors (Lipinski definition) is 4. The van der Waals surface area contributed by atoms with Gasteiger partial charge in [-0.1, -0.05) is 6.07 Å². The lowest BCUT2D eigenvalue weighted by Crippen LogP contribution is -2.44. The molecule has 6 nitrogen and oxygen atoms in total. The first-order valence-corrected chi connectivity index (χ1v) is 9.59. The number of halogens is 3. The molecule has 1 unspecified atom stereocenters. The third kappa shape index (κ3) is 4.37. The Morgan fingerprint density at radius 2 is 2.14 bits per heavy atom. The van der Waals surface area contributed by atoms with E-state index in [1.807, 2.05) is 22.2 Å². The van der Waals surface area contributed by atoms with Gasteiger partial charge in [0, 0.05) is 44.0 Å². The molecule has 3 heterocycles. The van der Waals surface area contributed by atoms with E-state index in [2.05, 4.69) is 20.6 Å². The minimum Gasteiger partial charge on any atom is -0.365 e. The highest BCUT2D eigenvalue weighted by molar-refractivity contribution is 14.0. The summed E-state index contributed by atoms with van der Waals surface area (Å²) >= 11 is 1.59. The molecule has 1 aliphatic rings. The summed E-state index contributed by atoms with van der Waals surface area (Å²) in [7, 11) is 1.70. The molecule has 1 atom stereocenters. The van der Waals surface area contributed by atoms with E-state index >= 15 is 0 Å². The molecule has 1 aliphatic heterocycles. The molecule has 0 saturated carbocycles. The van der Waals surface area contributed by atoms with Crippen LogP contribution in [0.25, 0.3) is 4.96 Å². The largest absolute Gasteiger partial charge is 0.365 e. The fourth-order valence-electron chi connectivity index (χ4n) is 3.30. The summed E-state index contributed by atoms with van der Waals surface area (Å²) in [6, 6.07) is 4.01. The Morgan fingerprint density at radius 3 is 2.86 bits per heavy atom. The summed E-state index contributed by atoms with van der Waals surface area (Å²) in [6.07, 6.45) is 4.72. The van der Waals surface area contributed by atoms with Crippen LogP contribution in [-0.4, -0.2) is 41.5 Å². The predicted molar refractivity (Wildman–Crippen MR) is 119 cm³/mol. The average Bonchev–Trinajstić information content (AvgIpc) is 3.35. The van der Waals surface area contributed by atoms with Crippen molar-refractivity contribution in [2.24, 2.45) is 4.99 Å².